The van der Waals surface area contributed by atoms with Gasteiger partial charge in [-0.2, -0.15) is 0 Å². The lowest BCUT2D eigenvalue weighted by Gasteiger charge is -2.29. The highest BCUT2D eigenvalue weighted by Gasteiger charge is 2.26. The molecule has 37 heavy (non-hydrogen) atoms. The topological polar surface area (TPSA) is 43.7 Å². The number of methoxy groups -OCH3 is 2. The molecule has 1 aliphatic heterocycles. The predicted octanol–water partition coefficient (Wildman–Crippen LogP) is 5.78. The first kappa shape index (κ1) is 23.4. The summed E-state index contributed by atoms with van der Waals surface area (Å²) in [6.45, 7) is 1.49. The van der Waals surface area contributed by atoms with Gasteiger partial charge in [0.1, 0.15) is 11.5 Å². The normalized spacial score (nSPS) is 13.9. The summed E-state index contributed by atoms with van der Waals surface area (Å²) in [4.78, 5) is 15.4. The van der Waals surface area contributed by atoms with Gasteiger partial charge in [-0.15, -0.1) is 0 Å². The molecule has 0 atom stereocenters. The monoisotopic (exact) mass is 492 g/mol. The summed E-state index contributed by atoms with van der Waals surface area (Å²) in [6, 6.07) is 25.4. The summed E-state index contributed by atoms with van der Waals surface area (Å²) < 4.78 is 13.5. The molecule has 0 saturated carbocycles. The van der Waals surface area contributed by atoms with Crippen molar-refractivity contribution in [2.45, 2.75) is 38.6 Å². The fraction of sp³-hybridized carbons (Fsp3) is 0.281. The van der Waals surface area contributed by atoms with Crippen molar-refractivity contribution in [2.24, 2.45) is 0 Å². The maximum Gasteiger partial charge on any atom is 0.223 e. The molecule has 4 aromatic rings. The van der Waals surface area contributed by atoms with Crippen molar-refractivity contribution in [3.05, 3.63) is 101 Å². The van der Waals surface area contributed by atoms with Gasteiger partial charge in [0.05, 0.1) is 25.6 Å². The minimum absolute atomic E-state index is 0.212. The van der Waals surface area contributed by atoms with Crippen molar-refractivity contribution in [1.29, 1.82) is 0 Å². The average Bonchev–Trinajstić information content (AvgIpc) is 3.34. The van der Waals surface area contributed by atoms with E-state index in [2.05, 4.69) is 59.2 Å². The van der Waals surface area contributed by atoms with E-state index in [4.69, 9.17) is 9.47 Å². The summed E-state index contributed by atoms with van der Waals surface area (Å²) in [6.07, 6.45) is 4.09. The van der Waals surface area contributed by atoms with E-state index in [0.717, 1.165) is 48.7 Å². The number of fused-ring (bicyclic) bond motifs is 4. The van der Waals surface area contributed by atoms with Gasteiger partial charge in [0.15, 0.2) is 0 Å². The van der Waals surface area contributed by atoms with E-state index in [0.29, 0.717) is 19.4 Å². The number of ether oxygens (including phenoxy) is 2. The quantitative estimate of drug-likeness (QED) is 0.343. The van der Waals surface area contributed by atoms with Gasteiger partial charge >= 0.3 is 0 Å². The van der Waals surface area contributed by atoms with Crippen LogP contribution in [0.1, 0.15) is 34.4 Å². The van der Waals surface area contributed by atoms with Crippen LogP contribution in [0.2, 0.25) is 0 Å². The highest BCUT2D eigenvalue weighted by molar-refractivity contribution is 5.78. The minimum Gasteiger partial charge on any atom is -0.497 e. The molecule has 0 fully saturated rings. The third-order valence-corrected chi connectivity index (χ3v) is 7.76. The van der Waals surface area contributed by atoms with Crippen LogP contribution in [0.5, 0.6) is 11.5 Å². The molecule has 188 valence electrons. The van der Waals surface area contributed by atoms with Crippen molar-refractivity contribution < 1.29 is 14.3 Å². The number of benzene rings is 3. The number of nitrogens with zero attached hydrogens (tertiary/aromatic N) is 2. The van der Waals surface area contributed by atoms with Crippen LogP contribution in [0.4, 0.5) is 0 Å². The molecule has 1 amide bonds. The van der Waals surface area contributed by atoms with Crippen LogP contribution in [-0.4, -0.2) is 36.1 Å². The second-order valence-corrected chi connectivity index (χ2v) is 9.91. The molecule has 0 saturated heterocycles. The summed E-state index contributed by atoms with van der Waals surface area (Å²) >= 11 is 0. The lowest BCUT2D eigenvalue weighted by atomic mass is 9.90. The number of amides is 1. The van der Waals surface area contributed by atoms with E-state index in [1.165, 1.54) is 33.5 Å². The van der Waals surface area contributed by atoms with E-state index in [1.807, 2.05) is 23.1 Å². The van der Waals surface area contributed by atoms with Crippen LogP contribution in [0, 0.1) is 0 Å². The largest absolute Gasteiger partial charge is 0.497 e. The van der Waals surface area contributed by atoms with Crippen molar-refractivity contribution in [3.63, 3.8) is 0 Å². The Morgan fingerprint density at radius 3 is 2.22 bits per heavy atom. The SMILES string of the molecule is COc1cc(OC)cc(-n2c(CCC(=O)N3CCc4ccccc4C3)cc3c2-c2ccccc2CC3)c1. The molecule has 0 spiro atoms. The number of hydrogen-bond donors (Lipinski definition) is 0. The smallest absolute Gasteiger partial charge is 0.223 e. The summed E-state index contributed by atoms with van der Waals surface area (Å²) in [5, 5.41) is 0. The van der Waals surface area contributed by atoms with Crippen LogP contribution in [0.25, 0.3) is 16.9 Å². The Bertz CT molecular complexity index is 1450. The molecule has 1 aromatic heterocycles. The number of hydrogen-bond acceptors (Lipinski definition) is 3. The molecule has 0 bridgehead atoms. The highest BCUT2D eigenvalue weighted by Crippen LogP contribution is 2.39. The Morgan fingerprint density at radius 2 is 1.46 bits per heavy atom. The second-order valence-electron chi connectivity index (χ2n) is 9.91. The predicted molar refractivity (Wildman–Crippen MR) is 146 cm³/mol. The number of aryl methyl sites for hydroxylation is 3. The zero-order valence-electron chi connectivity index (χ0n) is 21.5. The van der Waals surface area contributed by atoms with Crippen molar-refractivity contribution in [2.75, 3.05) is 20.8 Å². The molecule has 3 aromatic carbocycles. The highest BCUT2D eigenvalue weighted by atomic mass is 16.5. The van der Waals surface area contributed by atoms with Crippen LogP contribution >= 0.6 is 0 Å². The van der Waals surface area contributed by atoms with E-state index in [9.17, 15) is 4.79 Å². The van der Waals surface area contributed by atoms with Gasteiger partial charge in [0.2, 0.25) is 5.91 Å². The van der Waals surface area contributed by atoms with E-state index >= 15 is 0 Å². The van der Waals surface area contributed by atoms with Gasteiger partial charge in [-0.25, -0.2) is 0 Å². The maximum atomic E-state index is 13.3. The third kappa shape index (κ3) is 4.39. The van der Waals surface area contributed by atoms with E-state index < -0.39 is 0 Å². The lowest BCUT2D eigenvalue weighted by molar-refractivity contribution is -0.132. The molecular formula is C32H32N2O3. The van der Waals surface area contributed by atoms with Crippen LogP contribution in [0.3, 0.4) is 0 Å². The fourth-order valence-electron chi connectivity index (χ4n) is 5.85. The van der Waals surface area contributed by atoms with Gasteiger partial charge in [-0.05, 0) is 54.0 Å². The van der Waals surface area contributed by atoms with Gasteiger partial charge in [-0.1, -0.05) is 48.5 Å². The molecule has 0 unspecified atom stereocenters. The average molecular weight is 493 g/mol. The molecule has 2 aliphatic rings. The van der Waals surface area contributed by atoms with Crippen LogP contribution in [-0.2, 0) is 37.0 Å². The molecular weight excluding hydrogens is 460 g/mol. The number of rotatable bonds is 6. The first-order chi connectivity index (χ1) is 18.1. The van der Waals surface area contributed by atoms with Gasteiger partial charge in [0, 0.05) is 49.0 Å². The van der Waals surface area contributed by atoms with Gasteiger partial charge < -0.3 is 18.9 Å². The van der Waals surface area contributed by atoms with E-state index in [-0.39, 0.29) is 5.91 Å². The second kappa shape index (κ2) is 9.81. The van der Waals surface area contributed by atoms with E-state index in [1.54, 1.807) is 14.2 Å². The molecule has 6 rings (SSSR count). The number of carbonyl (C=O) groups excluding carboxylic acids is 1. The fourth-order valence-corrected chi connectivity index (χ4v) is 5.85. The zero-order chi connectivity index (χ0) is 25.4. The lowest BCUT2D eigenvalue weighted by Crippen LogP contribution is -2.36. The molecule has 0 radical (unpaired) electrons. The molecule has 2 heterocycles. The summed E-state index contributed by atoms with van der Waals surface area (Å²) in [5.74, 6) is 1.70. The first-order valence-electron chi connectivity index (χ1n) is 13.0. The van der Waals surface area contributed by atoms with Crippen molar-refractivity contribution in [1.82, 2.24) is 9.47 Å². The Kier molecular flexibility index (Phi) is 6.21. The third-order valence-electron chi connectivity index (χ3n) is 7.76. The first-order valence-corrected chi connectivity index (χ1v) is 13.0. The molecule has 5 heteroatoms. The summed E-state index contributed by atoms with van der Waals surface area (Å²) in [5.41, 5.74) is 9.92. The van der Waals surface area contributed by atoms with Gasteiger partial charge in [-0.3, -0.25) is 4.79 Å². The van der Waals surface area contributed by atoms with Crippen LogP contribution < -0.4 is 9.47 Å². The minimum atomic E-state index is 0.212. The molecule has 1 aliphatic carbocycles. The van der Waals surface area contributed by atoms with Crippen molar-refractivity contribution >= 4 is 5.91 Å². The molecule has 0 N–H and O–H groups in total. The van der Waals surface area contributed by atoms with Crippen LogP contribution in [0.15, 0.2) is 72.8 Å². The standard InChI is InChI=1S/C32H32N2O3/c1-36-28-18-27(19-29(20-28)37-2)34-26(17-24-12-11-23-8-5-6-10-30(23)32(24)34)13-14-31(35)33-16-15-22-7-3-4-9-25(22)21-33/h3-10,17-20H,11-16,21H2,1-2H3. The number of aromatic nitrogens is 1. The Balaban J connectivity index is 1.36. The van der Waals surface area contributed by atoms with Crippen molar-refractivity contribution in [3.8, 4) is 28.4 Å². The Labute approximate surface area is 218 Å². The Hall–Kier alpha value is -3.99. The zero-order valence-corrected chi connectivity index (χ0v) is 21.5. The maximum absolute atomic E-state index is 13.3. The summed E-state index contributed by atoms with van der Waals surface area (Å²) in [7, 11) is 3.35. The molecule has 5 nitrogen and oxygen atoms in total. The van der Waals surface area contributed by atoms with Gasteiger partial charge in [0.25, 0.3) is 0 Å². The number of carbonyl (C=O) groups is 1. The Morgan fingerprint density at radius 1 is 0.784 bits per heavy atom.